The van der Waals surface area contributed by atoms with E-state index in [9.17, 15) is 23.3 Å². The van der Waals surface area contributed by atoms with Gasteiger partial charge in [0, 0.05) is 30.1 Å². The van der Waals surface area contributed by atoms with Crippen LogP contribution >= 0.6 is 11.8 Å². The standard InChI is InChI=1S/C9H11F3N4O2S/c10-9(11,12)19-2-1-14-6-3-7(15-13)5-8(4-6)16(17)18/h3-5,14-15H,1-2,13H2. The molecule has 0 saturated heterocycles. The molecule has 0 amide bonds. The molecule has 1 aromatic carbocycles. The topological polar surface area (TPSA) is 93.2 Å². The van der Waals surface area contributed by atoms with Crippen molar-refractivity contribution in [3.63, 3.8) is 0 Å². The summed E-state index contributed by atoms with van der Waals surface area (Å²) >= 11 is -0.163. The number of hydrogen-bond donors (Lipinski definition) is 3. The first kappa shape index (κ1) is 15.4. The maximum atomic E-state index is 11.9. The average molecular weight is 296 g/mol. The number of anilines is 2. The second kappa shape index (κ2) is 6.48. The van der Waals surface area contributed by atoms with Crippen molar-refractivity contribution >= 4 is 28.8 Å². The predicted molar refractivity (Wildman–Crippen MR) is 67.9 cm³/mol. The van der Waals surface area contributed by atoms with Gasteiger partial charge in [0.25, 0.3) is 5.69 Å². The summed E-state index contributed by atoms with van der Waals surface area (Å²) in [6.45, 7) is 0.0232. The van der Waals surface area contributed by atoms with E-state index in [0.29, 0.717) is 11.4 Å². The first-order valence-electron chi connectivity index (χ1n) is 5.02. The Morgan fingerprint density at radius 2 is 1.95 bits per heavy atom. The highest BCUT2D eigenvalue weighted by atomic mass is 32.2. The summed E-state index contributed by atoms with van der Waals surface area (Å²) in [7, 11) is 0. The molecule has 4 N–H and O–H groups in total. The monoisotopic (exact) mass is 296 g/mol. The number of alkyl halides is 3. The molecule has 6 nitrogen and oxygen atoms in total. The summed E-state index contributed by atoms with van der Waals surface area (Å²) in [6.07, 6.45) is 0. The van der Waals surface area contributed by atoms with Crippen LogP contribution in [0.25, 0.3) is 0 Å². The van der Waals surface area contributed by atoms with E-state index in [-0.39, 0.29) is 29.7 Å². The van der Waals surface area contributed by atoms with Crippen molar-refractivity contribution in [3.05, 3.63) is 28.3 Å². The molecule has 0 aromatic heterocycles. The minimum atomic E-state index is -4.28. The van der Waals surface area contributed by atoms with E-state index in [1.54, 1.807) is 0 Å². The number of nitrogens with two attached hydrogens (primary N) is 1. The molecule has 0 aliphatic rings. The first-order valence-corrected chi connectivity index (χ1v) is 6.01. The van der Waals surface area contributed by atoms with Gasteiger partial charge in [0.05, 0.1) is 10.6 Å². The van der Waals surface area contributed by atoms with Crippen molar-refractivity contribution in [2.24, 2.45) is 5.84 Å². The number of benzene rings is 1. The van der Waals surface area contributed by atoms with Gasteiger partial charge in [-0.3, -0.25) is 16.0 Å². The van der Waals surface area contributed by atoms with E-state index in [0.717, 1.165) is 0 Å². The lowest BCUT2D eigenvalue weighted by Crippen LogP contribution is -2.11. The van der Waals surface area contributed by atoms with Crippen molar-refractivity contribution < 1.29 is 18.1 Å². The number of nitro benzene ring substituents is 1. The number of halogens is 3. The van der Waals surface area contributed by atoms with Crippen LogP contribution in [0.2, 0.25) is 0 Å². The number of nitro groups is 1. The van der Waals surface area contributed by atoms with Crippen LogP contribution in [0.5, 0.6) is 0 Å². The molecule has 19 heavy (non-hydrogen) atoms. The van der Waals surface area contributed by atoms with Crippen molar-refractivity contribution in [1.29, 1.82) is 0 Å². The molecular weight excluding hydrogens is 285 g/mol. The number of nitrogen functional groups attached to an aromatic ring is 1. The fraction of sp³-hybridized carbons (Fsp3) is 0.333. The lowest BCUT2D eigenvalue weighted by Gasteiger charge is -2.09. The van der Waals surface area contributed by atoms with Gasteiger partial charge in [0.15, 0.2) is 0 Å². The van der Waals surface area contributed by atoms with Gasteiger partial charge in [-0.2, -0.15) is 13.2 Å². The normalized spacial score (nSPS) is 11.2. The van der Waals surface area contributed by atoms with Crippen LogP contribution in [0.15, 0.2) is 18.2 Å². The van der Waals surface area contributed by atoms with Gasteiger partial charge < -0.3 is 10.7 Å². The largest absolute Gasteiger partial charge is 0.441 e. The van der Waals surface area contributed by atoms with E-state index in [2.05, 4.69) is 10.7 Å². The smallest absolute Gasteiger partial charge is 0.384 e. The molecule has 1 aromatic rings. The van der Waals surface area contributed by atoms with E-state index >= 15 is 0 Å². The second-order valence-corrected chi connectivity index (χ2v) is 4.55. The summed E-state index contributed by atoms with van der Waals surface area (Å²) in [4.78, 5) is 10.0. The number of hydrazine groups is 1. The molecule has 0 spiro atoms. The minimum Gasteiger partial charge on any atom is -0.384 e. The van der Waals surface area contributed by atoms with Crippen LogP contribution < -0.4 is 16.6 Å². The van der Waals surface area contributed by atoms with Gasteiger partial charge in [-0.15, -0.1) is 0 Å². The lowest BCUT2D eigenvalue weighted by atomic mass is 10.2. The lowest BCUT2D eigenvalue weighted by molar-refractivity contribution is -0.384. The summed E-state index contributed by atoms with van der Waals surface area (Å²) in [5.41, 5.74) is -1.63. The molecule has 0 saturated carbocycles. The molecule has 0 radical (unpaired) electrons. The SMILES string of the molecule is NNc1cc(NCCSC(F)(F)F)cc([N+](=O)[O-])c1. The van der Waals surface area contributed by atoms with Crippen LogP contribution in [0.3, 0.4) is 0 Å². The third-order valence-electron chi connectivity index (χ3n) is 1.99. The van der Waals surface area contributed by atoms with Crippen molar-refractivity contribution in [2.75, 3.05) is 23.0 Å². The van der Waals surface area contributed by atoms with E-state index in [1.165, 1.54) is 18.2 Å². The number of nitrogens with one attached hydrogen (secondary N) is 2. The van der Waals surface area contributed by atoms with Crippen LogP contribution in [0.4, 0.5) is 30.2 Å². The molecule has 0 atom stereocenters. The summed E-state index contributed by atoms with van der Waals surface area (Å²) in [5.74, 6) is 4.95. The number of nitrogens with zero attached hydrogens (tertiary/aromatic N) is 1. The van der Waals surface area contributed by atoms with Gasteiger partial charge in [0.2, 0.25) is 0 Å². The Bertz CT molecular complexity index is 456. The Morgan fingerprint density at radius 1 is 1.32 bits per heavy atom. The Balaban J connectivity index is 2.62. The molecule has 1 rings (SSSR count). The summed E-state index contributed by atoms with van der Waals surface area (Å²) in [5, 5.41) is 13.3. The molecule has 0 unspecified atom stereocenters. The Morgan fingerprint density at radius 3 is 2.47 bits per heavy atom. The summed E-state index contributed by atoms with van der Waals surface area (Å²) < 4.78 is 35.7. The second-order valence-electron chi connectivity index (χ2n) is 3.39. The third-order valence-corrected chi connectivity index (χ3v) is 2.73. The molecule has 106 valence electrons. The fourth-order valence-electron chi connectivity index (χ4n) is 1.26. The zero-order chi connectivity index (χ0) is 14.5. The number of rotatable bonds is 6. The van der Waals surface area contributed by atoms with Crippen molar-refractivity contribution in [3.8, 4) is 0 Å². The van der Waals surface area contributed by atoms with Crippen molar-refractivity contribution in [2.45, 2.75) is 5.51 Å². The predicted octanol–water partition coefficient (Wildman–Crippen LogP) is 2.55. The third kappa shape index (κ3) is 5.66. The quantitative estimate of drug-likeness (QED) is 0.323. The highest BCUT2D eigenvalue weighted by molar-refractivity contribution is 8.00. The zero-order valence-electron chi connectivity index (χ0n) is 9.53. The van der Waals surface area contributed by atoms with Crippen LogP contribution in [-0.4, -0.2) is 22.7 Å². The van der Waals surface area contributed by atoms with Gasteiger partial charge in [-0.1, -0.05) is 0 Å². The molecule has 0 fully saturated rings. The molecule has 0 aliphatic heterocycles. The Kier molecular flexibility index (Phi) is 5.24. The van der Waals surface area contributed by atoms with Gasteiger partial charge in [-0.05, 0) is 17.8 Å². The van der Waals surface area contributed by atoms with Crippen LogP contribution in [0.1, 0.15) is 0 Å². The Labute approximate surface area is 110 Å². The minimum absolute atomic E-state index is 0.0232. The molecule has 10 heteroatoms. The maximum absolute atomic E-state index is 11.9. The molecular formula is C9H11F3N4O2S. The summed E-state index contributed by atoms with van der Waals surface area (Å²) in [6, 6.07) is 3.90. The van der Waals surface area contributed by atoms with Crippen LogP contribution in [0, 0.1) is 10.1 Å². The molecule has 0 heterocycles. The number of hydrogen-bond acceptors (Lipinski definition) is 6. The van der Waals surface area contributed by atoms with E-state index in [4.69, 9.17) is 5.84 Å². The molecule has 0 aliphatic carbocycles. The van der Waals surface area contributed by atoms with Crippen LogP contribution in [-0.2, 0) is 0 Å². The highest BCUT2D eigenvalue weighted by Gasteiger charge is 2.27. The number of thioether (sulfide) groups is 1. The van der Waals surface area contributed by atoms with E-state index in [1.807, 2.05) is 0 Å². The van der Waals surface area contributed by atoms with Gasteiger partial charge in [-0.25, -0.2) is 0 Å². The molecule has 0 bridgehead atoms. The first-order chi connectivity index (χ1) is 8.81. The van der Waals surface area contributed by atoms with Gasteiger partial charge in [0.1, 0.15) is 0 Å². The fourth-order valence-corrected chi connectivity index (χ4v) is 1.70. The maximum Gasteiger partial charge on any atom is 0.441 e. The average Bonchev–Trinajstić information content (AvgIpc) is 2.33. The highest BCUT2D eigenvalue weighted by Crippen LogP contribution is 2.30. The van der Waals surface area contributed by atoms with Crippen molar-refractivity contribution in [1.82, 2.24) is 0 Å². The van der Waals surface area contributed by atoms with E-state index < -0.39 is 10.4 Å². The Hall–Kier alpha value is -1.68. The van der Waals surface area contributed by atoms with Gasteiger partial charge >= 0.3 is 5.51 Å². The zero-order valence-corrected chi connectivity index (χ0v) is 10.3. The number of non-ortho nitro benzene ring substituents is 1.